The summed E-state index contributed by atoms with van der Waals surface area (Å²) in [5, 5.41) is 3.58. The number of para-hydroxylation sites is 2. The minimum Gasteiger partial charge on any atom is -0.309 e. The zero-order valence-corrected chi connectivity index (χ0v) is 30.3. The van der Waals surface area contributed by atoms with Crippen LogP contribution in [0.3, 0.4) is 0 Å². The Hall–Kier alpha value is -7.63. The fraction of sp³-hybridized carbons (Fsp3) is 0. The largest absolute Gasteiger partial charge is 0.309 e. The zero-order chi connectivity index (χ0) is 37.0. The lowest BCUT2D eigenvalue weighted by Gasteiger charge is -2.12. The Morgan fingerprint density at radius 2 is 0.875 bits per heavy atom. The normalized spacial score (nSPS) is 11.6. The van der Waals surface area contributed by atoms with Gasteiger partial charge in [0, 0.05) is 50.4 Å². The summed E-state index contributed by atoms with van der Waals surface area (Å²) in [7, 11) is 0. The smallest absolute Gasteiger partial charge is 0.160 e. The second-order valence-electron chi connectivity index (χ2n) is 14.1. The molecule has 0 aliphatic carbocycles. The molecule has 56 heavy (non-hydrogen) atoms. The van der Waals surface area contributed by atoms with Gasteiger partial charge in [-0.05, 0) is 83.9 Å². The van der Waals surface area contributed by atoms with Gasteiger partial charge in [0.05, 0.1) is 39.0 Å². The van der Waals surface area contributed by atoms with Crippen LogP contribution in [0.25, 0.3) is 100 Å². The van der Waals surface area contributed by atoms with Crippen LogP contribution in [-0.4, -0.2) is 24.1 Å². The van der Waals surface area contributed by atoms with Gasteiger partial charge in [0.1, 0.15) is 0 Å². The summed E-state index contributed by atoms with van der Waals surface area (Å²) in [6, 6.07) is 68.3. The van der Waals surface area contributed by atoms with Gasteiger partial charge >= 0.3 is 0 Å². The van der Waals surface area contributed by atoms with Crippen molar-refractivity contribution < 1.29 is 0 Å². The monoisotopic (exact) mass is 715 g/mol. The molecule has 0 bridgehead atoms. The molecule has 11 rings (SSSR count). The molecule has 5 heteroatoms. The summed E-state index contributed by atoms with van der Waals surface area (Å²) in [6.07, 6.45) is 1.89. The minimum absolute atomic E-state index is 0.698. The molecule has 0 unspecified atom stereocenters. The van der Waals surface area contributed by atoms with Gasteiger partial charge in [0.25, 0.3) is 0 Å². The first-order chi connectivity index (χ1) is 27.8. The molecule has 0 N–H and O–H groups in total. The number of nitrogens with zero attached hydrogens (tertiary/aromatic N) is 5. The number of benzene rings is 7. The van der Waals surface area contributed by atoms with Crippen LogP contribution >= 0.6 is 0 Å². The average Bonchev–Trinajstić information content (AvgIpc) is 3.79. The van der Waals surface area contributed by atoms with Gasteiger partial charge in [-0.15, -0.1) is 0 Å². The van der Waals surface area contributed by atoms with Crippen LogP contribution in [0.2, 0.25) is 0 Å². The van der Waals surface area contributed by atoms with E-state index in [4.69, 9.17) is 15.0 Å². The highest BCUT2D eigenvalue weighted by Gasteiger charge is 2.18. The average molecular weight is 716 g/mol. The Kier molecular flexibility index (Phi) is 7.42. The van der Waals surface area contributed by atoms with Crippen molar-refractivity contribution >= 4 is 43.7 Å². The molecular formula is C51H33N5. The van der Waals surface area contributed by atoms with E-state index in [0.29, 0.717) is 5.82 Å². The molecule has 262 valence electrons. The molecule has 0 saturated heterocycles. The summed E-state index contributed by atoms with van der Waals surface area (Å²) < 4.78 is 4.68. The molecule has 0 atom stereocenters. The van der Waals surface area contributed by atoms with Crippen molar-refractivity contribution in [3.05, 3.63) is 200 Å². The van der Waals surface area contributed by atoms with Crippen molar-refractivity contribution in [2.75, 3.05) is 0 Å². The van der Waals surface area contributed by atoms with Crippen molar-refractivity contribution in [3.8, 4) is 56.4 Å². The molecule has 4 aromatic heterocycles. The first-order valence-electron chi connectivity index (χ1n) is 18.9. The number of fused-ring (bicyclic) bond motifs is 6. The van der Waals surface area contributed by atoms with E-state index in [0.717, 1.165) is 67.0 Å². The highest BCUT2D eigenvalue weighted by Crippen LogP contribution is 2.38. The highest BCUT2D eigenvalue weighted by atomic mass is 15.0. The molecule has 5 nitrogen and oxygen atoms in total. The van der Waals surface area contributed by atoms with Gasteiger partial charge in [-0.2, -0.15) is 0 Å². The first-order valence-corrected chi connectivity index (χ1v) is 18.9. The second kappa shape index (κ2) is 13.0. The quantitative estimate of drug-likeness (QED) is 0.172. The molecule has 0 fully saturated rings. The van der Waals surface area contributed by atoms with Crippen LogP contribution in [0.1, 0.15) is 0 Å². The maximum atomic E-state index is 5.12. The van der Waals surface area contributed by atoms with Crippen molar-refractivity contribution in [1.29, 1.82) is 0 Å². The molecule has 4 heterocycles. The first kappa shape index (κ1) is 31.9. The van der Waals surface area contributed by atoms with Crippen molar-refractivity contribution in [2.24, 2.45) is 0 Å². The lowest BCUT2D eigenvalue weighted by atomic mass is 10.0. The van der Waals surface area contributed by atoms with Gasteiger partial charge in [0.15, 0.2) is 5.82 Å². The highest BCUT2D eigenvalue weighted by molar-refractivity contribution is 6.12. The number of pyridine rings is 1. The number of rotatable bonds is 6. The maximum absolute atomic E-state index is 5.12. The predicted octanol–water partition coefficient (Wildman–Crippen LogP) is 12.7. The topological polar surface area (TPSA) is 48.5 Å². The van der Waals surface area contributed by atoms with Crippen LogP contribution in [0, 0.1) is 0 Å². The van der Waals surface area contributed by atoms with Crippen molar-refractivity contribution in [1.82, 2.24) is 24.1 Å². The fourth-order valence-corrected chi connectivity index (χ4v) is 8.17. The SMILES string of the molecule is c1ccc(-c2cc(-c3cccc(-n4c5ccc(-c6ccc7c(c6)c6ccccc6n7-c6ccccc6)cc5c5ncccc54)c3)nc(-c3ccccc3)n2)cc1. The van der Waals surface area contributed by atoms with Crippen LogP contribution in [0.4, 0.5) is 0 Å². The number of hydrogen-bond donors (Lipinski definition) is 0. The van der Waals surface area contributed by atoms with E-state index in [-0.39, 0.29) is 0 Å². The fourth-order valence-electron chi connectivity index (χ4n) is 8.17. The van der Waals surface area contributed by atoms with E-state index in [2.05, 4.69) is 161 Å². The molecule has 0 spiro atoms. The summed E-state index contributed by atoms with van der Waals surface area (Å²) in [6.45, 7) is 0. The second-order valence-corrected chi connectivity index (χ2v) is 14.1. The van der Waals surface area contributed by atoms with Crippen LogP contribution in [0.5, 0.6) is 0 Å². The summed E-state index contributed by atoms with van der Waals surface area (Å²) in [5.41, 5.74) is 14.8. The van der Waals surface area contributed by atoms with Gasteiger partial charge < -0.3 is 9.13 Å². The van der Waals surface area contributed by atoms with Crippen LogP contribution in [0.15, 0.2) is 200 Å². The molecular weight excluding hydrogens is 683 g/mol. The molecule has 0 saturated carbocycles. The summed E-state index contributed by atoms with van der Waals surface area (Å²) >= 11 is 0. The van der Waals surface area contributed by atoms with Gasteiger partial charge in [0.2, 0.25) is 0 Å². The number of aromatic nitrogens is 5. The molecule has 0 radical (unpaired) electrons. The van der Waals surface area contributed by atoms with Crippen LogP contribution in [-0.2, 0) is 0 Å². The predicted molar refractivity (Wildman–Crippen MR) is 230 cm³/mol. The Morgan fingerprint density at radius 1 is 0.321 bits per heavy atom. The zero-order valence-electron chi connectivity index (χ0n) is 30.3. The van der Waals surface area contributed by atoms with Crippen molar-refractivity contribution in [2.45, 2.75) is 0 Å². The third-order valence-corrected chi connectivity index (χ3v) is 10.8. The minimum atomic E-state index is 0.698. The maximum Gasteiger partial charge on any atom is 0.160 e. The third kappa shape index (κ3) is 5.29. The van der Waals surface area contributed by atoms with E-state index in [1.165, 1.54) is 27.4 Å². The van der Waals surface area contributed by atoms with E-state index >= 15 is 0 Å². The van der Waals surface area contributed by atoms with Gasteiger partial charge in [-0.3, -0.25) is 4.98 Å². The lowest BCUT2D eigenvalue weighted by Crippen LogP contribution is -1.98. The van der Waals surface area contributed by atoms with E-state index in [1.54, 1.807) is 0 Å². The standard InChI is InChI=1S/C51H33N5/c1-4-14-34(15-5-1)44-33-45(54-51(53-44)35-16-6-2-7-17-35)38-18-12-21-40(30-38)56-48-28-26-37(32-43(48)50-49(56)24-13-29-52-50)36-25-27-47-42(31-36)41-22-10-11-23-46(41)55(47)39-19-8-3-9-20-39/h1-33H. The van der Waals surface area contributed by atoms with E-state index < -0.39 is 0 Å². The Bertz CT molecular complexity index is 3180. The molecule has 0 amide bonds. The third-order valence-electron chi connectivity index (χ3n) is 10.8. The molecule has 7 aromatic carbocycles. The van der Waals surface area contributed by atoms with Crippen molar-refractivity contribution in [3.63, 3.8) is 0 Å². The summed E-state index contributed by atoms with van der Waals surface area (Å²) in [4.78, 5) is 15.1. The van der Waals surface area contributed by atoms with Crippen LogP contribution < -0.4 is 0 Å². The molecule has 0 aliphatic rings. The Morgan fingerprint density at radius 3 is 1.64 bits per heavy atom. The van der Waals surface area contributed by atoms with Gasteiger partial charge in [-0.1, -0.05) is 121 Å². The lowest BCUT2D eigenvalue weighted by molar-refractivity contribution is 1.16. The molecule has 11 aromatic rings. The Balaban J connectivity index is 1.05. The summed E-state index contributed by atoms with van der Waals surface area (Å²) in [5.74, 6) is 0.698. The molecule has 0 aliphatic heterocycles. The van der Waals surface area contributed by atoms with E-state index in [1.807, 2.05) is 48.7 Å². The van der Waals surface area contributed by atoms with Gasteiger partial charge in [-0.25, -0.2) is 9.97 Å². The Labute approximate surface area is 323 Å². The van der Waals surface area contributed by atoms with E-state index in [9.17, 15) is 0 Å². The number of hydrogen-bond acceptors (Lipinski definition) is 3.